The van der Waals surface area contributed by atoms with Crippen molar-refractivity contribution in [2.75, 3.05) is 31.6 Å². The van der Waals surface area contributed by atoms with E-state index in [1.807, 2.05) is 4.57 Å². The van der Waals surface area contributed by atoms with Gasteiger partial charge in [0, 0.05) is 6.04 Å². The van der Waals surface area contributed by atoms with Gasteiger partial charge in [-0.2, -0.15) is 0 Å². The summed E-state index contributed by atoms with van der Waals surface area (Å²) in [6.45, 7) is 2.01. The first-order chi connectivity index (χ1) is 8.58. The Labute approximate surface area is 109 Å². The van der Waals surface area contributed by atoms with Crippen molar-refractivity contribution >= 4 is 23.7 Å². The van der Waals surface area contributed by atoms with Gasteiger partial charge in [-0.05, 0) is 33.0 Å². The molecule has 7 nitrogen and oxygen atoms in total. The summed E-state index contributed by atoms with van der Waals surface area (Å²) in [4.78, 5) is 12.9. The van der Waals surface area contributed by atoms with E-state index in [-0.39, 0.29) is 11.8 Å². The zero-order valence-corrected chi connectivity index (χ0v) is 11.1. The van der Waals surface area contributed by atoms with Crippen molar-refractivity contribution in [1.82, 2.24) is 19.7 Å². The van der Waals surface area contributed by atoms with E-state index in [0.717, 1.165) is 25.9 Å². The van der Waals surface area contributed by atoms with Crippen LogP contribution >= 0.6 is 11.8 Å². The van der Waals surface area contributed by atoms with Crippen molar-refractivity contribution in [3.05, 3.63) is 0 Å². The fraction of sp³-hybridized carbons (Fsp3) is 0.700. The summed E-state index contributed by atoms with van der Waals surface area (Å²) in [6.07, 6.45) is 1.97. The monoisotopic (exact) mass is 271 g/mol. The van der Waals surface area contributed by atoms with Crippen LogP contribution in [0.4, 0.5) is 5.95 Å². The fourth-order valence-corrected chi connectivity index (χ4v) is 2.84. The van der Waals surface area contributed by atoms with Crippen LogP contribution in [0.5, 0.6) is 0 Å². The summed E-state index contributed by atoms with van der Waals surface area (Å²) in [5.74, 6) is -0.515. The molecule has 18 heavy (non-hydrogen) atoms. The van der Waals surface area contributed by atoms with Crippen molar-refractivity contribution in [3.63, 3.8) is 0 Å². The van der Waals surface area contributed by atoms with E-state index in [1.165, 1.54) is 11.8 Å². The molecule has 0 spiro atoms. The third-order valence-corrected chi connectivity index (χ3v) is 4.00. The number of nitrogens with zero attached hydrogens (tertiary/aromatic N) is 4. The molecule has 1 aromatic rings. The standard InChI is InChI=1S/C10H17N5O2S/c1-14-4-2-7(3-5-14)15-9(11)12-13-10(15)18-6-8(16)17/h7H,2-6H2,1H3,(H2,11,12)(H,16,17). The van der Waals surface area contributed by atoms with Crippen LogP contribution in [0, 0.1) is 0 Å². The summed E-state index contributed by atoms with van der Waals surface area (Å²) in [6, 6.07) is 0.271. The Morgan fingerprint density at radius 2 is 2.17 bits per heavy atom. The molecule has 100 valence electrons. The van der Waals surface area contributed by atoms with E-state index in [4.69, 9.17) is 10.8 Å². The highest BCUT2D eigenvalue weighted by Gasteiger charge is 2.23. The summed E-state index contributed by atoms with van der Waals surface area (Å²) in [5, 5.41) is 17.1. The molecule has 0 aromatic carbocycles. The van der Waals surface area contributed by atoms with Gasteiger partial charge in [-0.3, -0.25) is 9.36 Å². The summed E-state index contributed by atoms with van der Waals surface area (Å²) >= 11 is 1.17. The second-order valence-corrected chi connectivity index (χ2v) is 5.37. The Balaban J connectivity index is 2.10. The van der Waals surface area contributed by atoms with Gasteiger partial charge in [-0.1, -0.05) is 11.8 Å². The van der Waals surface area contributed by atoms with Gasteiger partial charge in [0.1, 0.15) is 0 Å². The molecule has 0 atom stereocenters. The fourth-order valence-electron chi connectivity index (χ4n) is 2.11. The van der Waals surface area contributed by atoms with E-state index in [0.29, 0.717) is 11.1 Å². The first-order valence-electron chi connectivity index (χ1n) is 5.81. The molecule has 1 aliphatic rings. The second-order valence-electron chi connectivity index (χ2n) is 4.43. The molecule has 0 saturated carbocycles. The lowest BCUT2D eigenvalue weighted by atomic mass is 10.1. The van der Waals surface area contributed by atoms with Gasteiger partial charge in [-0.15, -0.1) is 10.2 Å². The number of hydrogen-bond acceptors (Lipinski definition) is 6. The first-order valence-corrected chi connectivity index (χ1v) is 6.80. The predicted octanol–water partition coefficient (Wildman–Crippen LogP) is 0.304. The zero-order chi connectivity index (χ0) is 13.1. The molecule has 2 heterocycles. The molecule has 1 saturated heterocycles. The van der Waals surface area contributed by atoms with E-state index < -0.39 is 5.97 Å². The quantitative estimate of drug-likeness (QED) is 0.760. The minimum Gasteiger partial charge on any atom is -0.481 e. The van der Waals surface area contributed by atoms with Crippen LogP contribution in [0.3, 0.4) is 0 Å². The largest absolute Gasteiger partial charge is 0.481 e. The minimum atomic E-state index is -0.864. The van der Waals surface area contributed by atoms with Gasteiger partial charge in [0.15, 0.2) is 5.16 Å². The lowest BCUT2D eigenvalue weighted by molar-refractivity contribution is -0.133. The summed E-state index contributed by atoms with van der Waals surface area (Å²) < 4.78 is 1.88. The number of aromatic nitrogens is 3. The smallest absolute Gasteiger partial charge is 0.313 e. The van der Waals surface area contributed by atoms with Gasteiger partial charge in [-0.25, -0.2) is 0 Å². The van der Waals surface area contributed by atoms with Crippen molar-refractivity contribution in [3.8, 4) is 0 Å². The normalized spacial score (nSPS) is 18.1. The Kier molecular flexibility index (Phi) is 4.07. The molecule has 1 aliphatic heterocycles. The van der Waals surface area contributed by atoms with Gasteiger partial charge >= 0.3 is 5.97 Å². The van der Waals surface area contributed by atoms with Crippen LogP contribution in [0.2, 0.25) is 0 Å². The maximum atomic E-state index is 10.6. The number of likely N-dealkylation sites (tertiary alicyclic amines) is 1. The summed E-state index contributed by atoms with van der Waals surface area (Å²) in [7, 11) is 2.09. The number of carboxylic acids is 1. The topological polar surface area (TPSA) is 97.3 Å². The number of nitrogen functional groups attached to an aromatic ring is 1. The van der Waals surface area contributed by atoms with Crippen LogP contribution in [0.1, 0.15) is 18.9 Å². The molecule has 1 fully saturated rings. The molecule has 0 radical (unpaired) electrons. The molecular weight excluding hydrogens is 254 g/mol. The average molecular weight is 271 g/mol. The Morgan fingerprint density at radius 3 is 2.78 bits per heavy atom. The van der Waals surface area contributed by atoms with Crippen LogP contribution in [0.25, 0.3) is 0 Å². The number of thioether (sulfide) groups is 1. The van der Waals surface area contributed by atoms with Crippen molar-refractivity contribution in [2.24, 2.45) is 0 Å². The number of hydrogen-bond donors (Lipinski definition) is 2. The van der Waals surface area contributed by atoms with Gasteiger partial charge < -0.3 is 15.7 Å². The van der Waals surface area contributed by atoms with Gasteiger partial charge in [0.2, 0.25) is 5.95 Å². The molecule has 0 amide bonds. The molecule has 0 unspecified atom stereocenters. The number of carboxylic acid groups (broad SMARTS) is 1. The molecular formula is C10H17N5O2S. The van der Waals surface area contributed by atoms with E-state index in [1.54, 1.807) is 0 Å². The molecule has 2 rings (SSSR count). The van der Waals surface area contributed by atoms with E-state index in [2.05, 4.69) is 22.1 Å². The SMILES string of the molecule is CN1CCC(n2c(N)nnc2SCC(=O)O)CC1. The van der Waals surface area contributed by atoms with E-state index >= 15 is 0 Å². The van der Waals surface area contributed by atoms with Gasteiger partial charge in [0.25, 0.3) is 0 Å². The zero-order valence-electron chi connectivity index (χ0n) is 10.2. The highest BCUT2D eigenvalue weighted by molar-refractivity contribution is 7.99. The first kappa shape index (κ1) is 13.2. The predicted molar refractivity (Wildman–Crippen MR) is 68.6 cm³/mol. The van der Waals surface area contributed by atoms with Crippen LogP contribution in [-0.4, -0.2) is 56.6 Å². The second kappa shape index (κ2) is 5.57. The maximum Gasteiger partial charge on any atom is 0.313 e. The van der Waals surface area contributed by atoms with Crippen molar-refractivity contribution < 1.29 is 9.90 Å². The number of piperidine rings is 1. The Morgan fingerprint density at radius 1 is 1.50 bits per heavy atom. The van der Waals surface area contributed by atoms with Crippen molar-refractivity contribution in [1.29, 1.82) is 0 Å². The molecule has 1 aromatic heterocycles. The Bertz CT molecular complexity index is 428. The maximum absolute atomic E-state index is 10.6. The van der Waals surface area contributed by atoms with Gasteiger partial charge in [0.05, 0.1) is 5.75 Å². The summed E-state index contributed by atoms with van der Waals surface area (Å²) in [5.41, 5.74) is 5.83. The van der Waals surface area contributed by atoms with Crippen LogP contribution in [0.15, 0.2) is 5.16 Å². The lowest BCUT2D eigenvalue weighted by Gasteiger charge is -2.30. The average Bonchev–Trinajstić information content (AvgIpc) is 2.69. The number of rotatable bonds is 4. The minimum absolute atomic E-state index is 0.0231. The molecule has 0 bridgehead atoms. The number of aliphatic carboxylic acids is 1. The van der Waals surface area contributed by atoms with E-state index in [9.17, 15) is 4.79 Å². The molecule has 3 N–H and O–H groups in total. The third kappa shape index (κ3) is 2.94. The van der Waals surface area contributed by atoms with Crippen molar-refractivity contribution in [2.45, 2.75) is 24.0 Å². The number of carbonyl (C=O) groups is 1. The Hall–Kier alpha value is -1.28. The lowest BCUT2D eigenvalue weighted by Crippen LogP contribution is -2.32. The molecule has 0 aliphatic carbocycles. The van der Waals surface area contributed by atoms with Crippen LogP contribution < -0.4 is 5.73 Å². The third-order valence-electron chi connectivity index (χ3n) is 3.07. The van der Waals surface area contributed by atoms with Crippen LogP contribution in [-0.2, 0) is 4.79 Å². The number of nitrogens with two attached hydrogens (primary N) is 1. The highest BCUT2D eigenvalue weighted by atomic mass is 32.2. The number of anilines is 1. The molecule has 8 heteroatoms. The highest BCUT2D eigenvalue weighted by Crippen LogP contribution is 2.29.